The number of aliphatic hydroxyl groups is 1. The van der Waals surface area contributed by atoms with Gasteiger partial charge in [-0.25, -0.2) is 18.1 Å². The van der Waals surface area contributed by atoms with Gasteiger partial charge in [0, 0.05) is 35.2 Å². The van der Waals surface area contributed by atoms with Crippen LogP contribution in [-0.4, -0.2) is 72.9 Å². The summed E-state index contributed by atoms with van der Waals surface area (Å²) in [5.74, 6) is -1.16. The average Bonchev–Trinajstić information content (AvgIpc) is 3.14. The molecule has 0 spiro atoms. The first-order valence-electron chi connectivity index (χ1n) is 16.3. The zero-order valence-corrected chi connectivity index (χ0v) is 30.2. The Balaban J connectivity index is 1.68. The van der Waals surface area contributed by atoms with Crippen LogP contribution in [-0.2, 0) is 19.6 Å². The van der Waals surface area contributed by atoms with Gasteiger partial charge in [-0.05, 0) is 47.7 Å². The van der Waals surface area contributed by atoms with Crippen LogP contribution in [0.2, 0.25) is 0 Å². The van der Waals surface area contributed by atoms with Crippen molar-refractivity contribution in [2.45, 2.75) is 48.1 Å². The number of amides is 2. The van der Waals surface area contributed by atoms with Crippen LogP contribution in [0.3, 0.4) is 0 Å². The Morgan fingerprint density at radius 1 is 0.902 bits per heavy atom. The van der Waals surface area contributed by atoms with E-state index in [-0.39, 0.29) is 34.5 Å². The molecule has 0 aliphatic rings. The molecule has 2 amide bonds. The molecule has 270 valence electrons. The van der Waals surface area contributed by atoms with Crippen LogP contribution in [0.4, 0.5) is 16.2 Å². The van der Waals surface area contributed by atoms with E-state index in [1.165, 1.54) is 16.4 Å². The van der Waals surface area contributed by atoms with Gasteiger partial charge in [0.25, 0.3) is 11.6 Å². The quantitative estimate of drug-likeness (QED) is 0.0785. The van der Waals surface area contributed by atoms with Gasteiger partial charge in [0.1, 0.15) is 0 Å². The van der Waals surface area contributed by atoms with Gasteiger partial charge < -0.3 is 15.6 Å². The highest BCUT2D eigenvalue weighted by molar-refractivity contribution is 7.99. The fourth-order valence-corrected chi connectivity index (χ4v) is 8.42. The van der Waals surface area contributed by atoms with Gasteiger partial charge in [0.05, 0.1) is 41.3 Å². The zero-order valence-electron chi connectivity index (χ0n) is 28.6. The molecular formula is C37H42N4O8S2. The van der Waals surface area contributed by atoms with Gasteiger partial charge in [-0.1, -0.05) is 86.6 Å². The van der Waals surface area contributed by atoms with E-state index in [9.17, 15) is 33.2 Å². The van der Waals surface area contributed by atoms with E-state index in [2.05, 4.69) is 0 Å². The minimum Gasteiger partial charge on any atom is -0.452 e. The Bertz CT molecular complexity index is 1840. The molecule has 51 heavy (non-hydrogen) atoms. The van der Waals surface area contributed by atoms with Crippen molar-refractivity contribution in [3.8, 4) is 0 Å². The van der Waals surface area contributed by atoms with Crippen molar-refractivity contribution in [2.24, 2.45) is 11.7 Å². The van der Waals surface area contributed by atoms with Gasteiger partial charge in [-0.15, -0.1) is 11.8 Å². The number of thioether (sulfide) groups is 1. The minimum atomic E-state index is -4.20. The number of nitrogens with zero attached hydrogens (tertiary/aromatic N) is 3. The predicted octanol–water partition coefficient (Wildman–Crippen LogP) is 6.04. The Morgan fingerprint density at radius 2 is 1.45 bits per heavy atom. The van der Waals surface area contributed by atoms with Gasteiger partial charge >= 0.3 is 6.09 Å². The third kappa shape index (κ3) is 9.60. The fourth-order valence-electron chi connectivity index (χ4n) is 5.55. The van der Waals surface area contributed by atoms with E-state index in [1.54, 1.807) is 24.3 Å². The molecule has 4 aromatic carbocycles. The lowest BCUT2D eigenvalue weighted by molar-refractivity contribution is -0.384. The number of imide groups is 1. The van der Waals surface area contributed by atoms with Gasteiger partial charge in [-0.2, -0.15) is 4.31 Å². The summed E-state index contributed by atoms with van der Waals surface area (Å²) in [6.45, 7) is 3.42. The largest absolute Gasteiger partial charge is 0.452 e. The van der Waals surface area contributed by atoms with Crippen LogP contribution in [0.25, 0.3) is 0 Å². The molecule has 0 saturated heterocycles. The van der Waals surface area contributed by atoms with Crippen molar-refractivity contribution in [3.63, 3.8) is 0 Å². The van der Waals surface area contributed by atoms with Crippen LogP contribution in [0, 0.1) is 16.0 Å². The summed E-state index contributed by atoms with van der Waals surface area (Å²) < 4.78 is 34.1. The number of carbonyl (C=O) groups is 2. The number of nitro benzene ring substituents is 1. The van der Waals surface area contributed by atoms with Crippen LogP contribution >= 0.6 is 11.8 Å². The third-order valence-corrected chi connectivity index (χ3v) is 11.4. The fraction of sp³-hybridized carbons (Fsp3) is 0.297. The number of benzene rings is 4. The number of sulfonamides is 1. The standard InChI is InChI=1S/C37H42N4O8S2/c1-26(2)22-23-39(51(47,48)31-20-18-29(19-21-31)41(45)46)30(24-42)25-50-33-17-11-10-16-32(33)40(37(44)49-3)36(43)35(38)34(27-12-6-4-7-13-27)28-14-8-5-9-15-28/h4-21,26,30,34-35,42H,22-25,38H2,1-3H3/t30-,35+/m1/s1. The summed E-state index contributed by atoms with van der Waals surface area (Å²) >= 11 is 1.15. The summed E-state index contributed by atoms with van der Waals surface area (Å²) in [5, 5.41) is 21.7. The van der Waals surface area contributed by atoms with Gasteiger partial charge in [-0.3, -0.25) is 14.9 Å². The van der Waals surface area contributed by atoms with Gasteiger partial charge in [0.2, 0.25) is 10.0 Å². The molecule has 0 aliphatic carbocycles. The lowest BCUT2D eigenvalue weighted by Crippen LogP contribution is -2.50. The molecule has 2 atom stereocenters. The monoisotopic (exact) mass is 734 g/mol. The summed E-state index contributed by atoms with van der Waals surface area (Å²) in [6.07, 6.45) is -0.474. The highest BCUT2D eigenvalue weighted by atomic mass is 32.2. The summed E-state index contributed by atoms with van der Waals surface area (Å²) in [5.41, 5.74) is 8.21. The molecule has 14 heteroatoms. The first-order valence-corrected chi connectivity index (χ1v) is 18.7. The number of anilines is 1. The number of ether oxygens (including phenoxy) is 1. The molecule has 0 heterocycles. The van der Waals surface area contributed by atoms with Crippen molar-refractivity contribution in [1.82, 2.24) is 4.31 Å². The molecule has 0 radical (unpaired) electrons. The van der Waals surface area contributed by atoms with E-state index in [0.29, 0.717) is 11.3 Å². The van der Waals surface area contributed by atoms with E-state index < -0.39 is 51.6 Å². The molecule has 4 aromatic rings. The van der Waals surface area contributed by atoms with Gasteiger partial charge in [0.15, 0.2) is 0 Å². The number of para-hydroxylation sites is 1. The molecule has 12 nitrogen and oxygen atoms in total. The highest BCUT2D eigenvalue weighted by Crippen LogP contribution is 2.35. The second kappa shape index (κ2) is 18.1. The summed E-state index contributed by atoms with van der Waals surface area (Å²) in [7, 11) is -3.04. The second-order valence-electron chi connectivity index (χ2n) is 12.1. The lowest BCUT2D eigenvalue weighted by atomic mass is 9.85. The summed E-state index contributed by atoms with van der Waals surface area (Å²) in [6, 6.07) is 27.6. The third-order valence-electron chi connectivity index (χ3n) is 8.28. The molecule has 0 fully saturated rings. The molecule has 0 bridgehead atoms. The number of methoxy groups -OCH3 is 1. The molecule has 0 saturated carbocycles. The SMILES string of the molecule is COC(=O)N(C(=O)[C@@H](N)C(c1ccccc1)c1ccccc1)c1ccccc1SC[C@@H](CO)N(CCC(C)C)S(=O)(=O)c1ccc([N+](=O)[O-])cc1. The second-order valence-corrected chi connectivity index (χ2v) is 15.1. The Labute approximate surface area is 302 Å². The molecule has 0 unspecified atom stereocenters. The van der Waals surface area contributed by atoms with Crippen molar-refractivity contribution >= 4 is 45.2 Å². The first-order chi connectivity index (χ1) is 24.4. The van der Waals surface area contributed by atoms with E-state index in [0.717, 1.165) is 47.0 Å². The topological polar surface area (TPSA) is 173 Å². The maximum absolute atomic E-state index is 14.3. The molecule has 0 aromatic heterocycles. The van der Waals surface area contributed by atoms with Crippen molar-refractivity contribution in [3.05, 3.63) is 130 Å². The van der Waals surface area contributed by atoms with Crippen LogP contribution in [0.15, 0.2) is 119 Å². The predicted molar refractivity (Wildman–Crippen MR) is 197 cm³/mol. The zero-order chi connectivity index (χ0) is 37.1. The number of non-ortho nitro benzene ring substituents is 1. The highest BCUT2D eigenvalue weighted by Gasteiger charge is 2.37. The molecule has 3 N–H and O–H groups in total. The van der Waals surface area contributed by atoms with Crippen molar-refractivity contribution in [1.29, 1.82) is 0 Å². The van der Waals surface area contributed by atoms with E-state index in [1.807, 2.05) is 74.5 Å². The minimum absolute atomic E-state index is 0.0315. The average molecular weight is 735 g/mol. The Hall–Kier alpha value is -4.60. The molecular weight excluding hydrogens is 693 g/mol. The number of hydrogen-bond acceptors (Lipinski definition) is 10. The molecule has 0 aliphatic heterocycles. The number of hydrogen-bond donors (Lipinski definition) is 2. The number of aliphatic hydroxyl groups excluding tert-OH is 1. The maximum Gasteiger partial charge on any atom is 0.421 e. The Kier molecular flexibility index (Phi) is 13.9. The van der Waals surface area contributed by atoms with Crippen molar-refractivity contribution < 1.29 is 32.8 Å². The maximum atomic E-state index is 14.3. The van der Waals surface area contributed by atoms with E-state index >= 15 is 0 Å². The van der Waals surface area contributed by atoms with Crippen LogP contribution in [0.1, 0.15) is 37.3 Å². The molecule has 4 rings (SSSR count). The van der Waals surface area contributed by atoms with E-state index in [4.69, 9.17) is 10.5 Å². The number of rotatable bonds is 16. The van der Waals surface area contributed by atoms with Crippen LogP contribution < -0.4 is 10.6 Å². The van der Waals surface area contributed by atoms with Crippen molar-refractivity contribution in [2.75, 3.05) is 30.9 Å². The number of nitro groups is 1. The number of nitrogens with two attached hydrogens (primary N) is 1. The lowest BCUT2D eigenvalue weighted by Gasteiger charge is -2.31. The summed E-state index contributed by atoms with van der Waals surface area (Å²) in [4.78, 5) is 39.4. The first kappa shape index (κ1) is 39.2. The normalized spacial score (nSPS) is 12.9. The Morgan fingerprint density at radius 3 is 1.96 bits per heavy atom. The smallest absolute Gasteiger partial charge is 0.421 e. The number of carbonyl (C=O) groups excluding carboxylic acids is 2. The van der Waals surface area contributed by atoms with Crippen LogP contribution in [0.5, 0.6) is 0 Å².